The highest BCUT2D eigenvalue weighted by Gasteiger charge is 2.43. The zero-order chi connectivity index (χ0) is 20.6. The van der Waals surface area contributed by atoms with Gasteiger partial charge in [-0.3, -0.25) is 9.11 Å². The van der Waals surface area contributed by atoms with Crippen LogP contribution in [0.2, 0.25) is 0 Å². The van der Waals surface area contributed by atoms with E-state index in [0.717, 1.165) is 21.5 Å². The van der Waals surface area contributed by atoms with Crippen molar-refractivity contribution >= 4 is 28.0 Å². The molecule has 0 unspecified atom stereocenters. The van der Waals surface area contributed by atoms with Crippen LogP contribution in [-0.4, -0.2) is 16.2 Å². The minimum Gasteiger partial charge on any atom is -0.316 e. The van der Waals surface area contributed by atoms with Gasteiger partial charge in [-0.05, 0) is 53.4 Å². The van der Waals surface area contributed by atoms with Gasteiger partial charge in [0, 0.05) is 6.54 Å². The minimum absolute atomic E-state index is 0.199. The number of hydrogen-bond donors (Lipinski definition) is 3. The van der Waals surface area contributed by atoms with Crippen molar-refractivity contribution in [2.24, 2.45) is 0 Å². The first-order valence-corrected chi connectivity index (χ1v) is 10.5. The monoisotopic (exact) mass is 417 g/mol. The van der Waals surface area contributed by atoms with Gasteiger partial charge in [-0.25, -0.2) is 17.4 Å². The van der Waals surface area contributed by atoms with Gasteiger partial charge in [0.1, 0.15) is 5.69 Å². The predicted molar refractivity (Wildman–Crippen MR) is 113 cm³/mol. The third-order valence-electron chi connectivity index (χ3n) is 4.86. The fraction of sp³-hybridized carbons (Fsp3) is 0.143. The summed E-state index contributed by atoms with van der Waals surface area (Å²) < 4.78 is 53.3. The van der Waals surface area contributed by atoms with Crippen molar-refractivity contribution in [1.29, 1.82) is 0 Å². The van der Waals surface area contributed by atoms with E-state index in [4.69, 9.17) is 0 Å². The lowest BCUT2D eigenvalue weighted by atomic mass is 10.1. The summed E-state index contributed by atoms with van der Waals surface area (Å²) in [6.45, 7) is 0.817. The quantitative estimate of drug-likeness (QED) is 0.517. The third-order valence-corrected chi connectivity index (χ3v) is 6.66. The van der Waals surface area contributed by atoms with Gasteiger partial charge in [0.2, 0.25) is 0 Å². The molecule has 1 aliphatic rings. The van der Waals surface area contributed by atoms with E-state index in [0.29, 0.717) is 17.9 Å². The van der Waals surface area contributed by atoms with Gasteiger partial charge in [0.15, 0.2) is 11.6 Å². The molecule has 0 atom stereocenters. The SMILES string of the molecule is CNCc1ccccc1CN1c2ccccc2N(c2cccc(F)c2F)S1(O)O. The molecule has 0 amide bonds. The van der Waals surface area contributed by atoms with Crippen molar-refractivity contribution in [3.63, 3.8) is 0 Å². The Morgan fingerprint density at radius 1 is 0.828 bits per heavy atom. The molecule has 3 aromatic rings. The van der Waals surface area contributed by atoms with Crippen LogP contribution < -0.4 is 13.9 Å². The van der Waals surface area contributed by atoms with Crippen LogP contribution in [-0.2, 0) is 13.1 Å². The number of hydrogen-bond acceptors (Lipinski definition) is 5. The highest BCUT2D eigenvalue weighted by molar-refractivity contribution is 8.27. The summed E-state index contributed by atoms with van der Waals surface area (Å²) in [5.41, 5.74) is 2.64. The number of rotatable bonds is 5. The maximum atomic E-state index is 14.6. The fourth-order valence-corrected chi connectivity index (χ4v) is 5.27. The van der Waals surface area contributed by atoms with Gasteiger partial charge in [-0.1, -0.05) is 42.5 Å². The standard InChI is InChI=1S/C21H21F2N3O2S/c1-24-13-15-7-2-3-8-16(15)14-25-18-10-4-5-11-19(18)26(29(25,27)28)20-12-6-9-17(22)21(20)23/h2-12,24,27-28H,13-14H2,1H3. The highest BCUT2D eigenvalue weighted by atomic mass is 32.3. The van der Waals surface area contributed by atoms with E-state index in [-0.39, 0.29) is 12.2 Å². The van der Waals surface area contributed by atoms with Crippen LogP contribution >= 0.6 is 11.0 Å². The summed E-state index contributed by atoms with van der Waals surface area (Å²) in [6.07, 6.45) is 0. The van der Waals surface area contributed by atoms with E-state index in [9.17, 15) is 17.9 Å². The fourth-order valence-electron chi connectivity index (χ4n) is 3.52. The van der Waals surface area contributed by atoms with Crippen LogP contribution in [0.15, 0.2) is 66.7 Å². The molecule has 0 aromatic heterocycles. The first kappa shape index (κ1) is 19.7. The zero-order valence-electron chi connectivity index (χ0n) is 15.7. The largest absolute Gasteiger partial charge is 0.316 e. The van der Waals surface area contributed by atoms with Gasteiger partial charge >= 0.3 is 0 Å². The molecular formula is C21H21F2N3O2S. The molecule has 1 heterocycles. The lowest BCUT2D eigenvalue weighted by Crippen LogP contribution is -2.31. The van der Waals surface area contributed by atoms with E-state index in [1.807, 2.05) is 31.3 Å². The molecule has 0 fully saturated rings. The van der Waals surface area contributed by atoms with E-state index >= 15 is 0 Å². The third kappa shape index (κ3) is 3.34. The molecule has 4 rings (SSSR count). The highest BCUT2D eigenvalue weighted by Crippen LogP contribution is 2.64. The Bertz CT molecular complexity index is 1050. The van der Waals surface area contributed by atoms with Crippen LogP contribution in [0.4, 0.5) is 25.8 Å². The molecule has 3 aromatic carbocycles. The van der Waals surface area contributed by atoms with Gasteiger partial charge in [0.05, 0.1) is 17.9 Å². The van der Waals surface area contributed by atoms with Crippen LogP contribution in [0.5, 0.6) is 0 Å². The molecule has 1 aliphatic heterocycles. The summed E-state index contributed by atoms with van der Waals surface area (Å²) in [5.74, 6) is -2.17. The van der Waals surface area contributed by atoms with Crippen molar-refractivity contribution in [3.05, 3.63) is 89.5 Å². The molecular weight excluding hydrogens is 396 g/mol. The van der Waals surface area contributed by atoms with Crippen molar-refractivity contribution in [3.8, 4) is 0 Å². The van der Waals surface area contributed by atoms with E-state index < -0.39 is 22.6 Å². The lowest BCUT2D eigenvalue weighted by molar-refractivity contribution is 0.480. The number of anilines is 3. The number of benzene rings is 3. The lowest BCUT2D eigenvalue weighted by Gasteiger charge is -2.44. The minimum atomic E-state index is -3.67. The van der Waals surface area contributed by atoms with Crippen LogP contribution in [0.1, 0.15) is 11.1 Å². The Hall–Kier alpha value is -2.65. The van der Waals surface area contributed by atoms with Gasteiger partial charge in [-0.2, -0.15) is 0 Å². The first-order valence-electron chi connectivity index (χ1n) is 9.05. The van der Waals surface area contributed by atoms with Gasteiger partial charge < -0.3 is 5.32 Å². The Labute approximate surface area is 169 Å². The molecule has 0 saturated heterocycles. The maximum absolute atomic E-state index is 14.6. The molecule has 0 bridgehead atoms. The molecule has 3 N–H and O–H groups in total. The van der Waals surface area contributed by atoms with Crippen molar-refractivity contribution in [2.45, 2.75) is 13.1 Å². The van der Waals surface area contributed by atoms with Crippen molar-refractivity contribution in [1.82, 2.24) is 5.32 Å². The first-order chi connectivity index (χ1) is 13.9. The summed E-state index contributed by atoms with van der Waals surface area (Å²) in [5, 5.41) is 3.10. The van der Waals surface area contributed by atoms with Crippen molar-refractivity contribution < 1.29 is 17.9 Å². The summed E-state index contributed by atoms with van der Waals surface area (Å²) in [7, 11) is -1.83. The number of halogens is 2. The smallest absolute Gasteiger partial charge is 0.184 e. The molecule has 8 heteroatoms. The number of fused-ring (bicyclic) bond motifs is 1. The van der Waals surface area contributed by atoms with Crippen molar-refractivity contribution in [2.75, 3.05) is 15.7 Å². The van der Waals surface area contributed by atoms with E-state index in [1.165, 1.54) is 16.4 Å². The Morgan fingerprint density at radius 2 is 1.45 bits per heavy atom. The molecule has 0 aliphatic carbocycles. The van der Waals surface area contributed by atoms with E-state index in [1.54, 1.807) is 24.3 Å². The Morgan fingerprint density at radius 3 is 2.17 bits per heavy atom. The molecule has 5 nitrogen and oxygen atoms in total. The number of para-hydroxylation sites is 2. The molecule has 152 valence electrons. The van der Waals surface area contributed by atoms with Crippen LogP contribution in [0.3, 0.4) is 0 Å². The molecule has 0 radical (unpaired) electrons. The van der Waals surface area contributed by atoms with Crippen LogP contribution in [0, 0.1) is 11.6 Å². The second-order valence-corrected chi connectivity index (χ2v) is 8.47. The molecule has 29 heavy (non-hydrogen) atoms. The Balaban J connectivity index is 1.82. The zero-order valence-corrected chi connectivity index (χ0v) is 16.5. The molecule has 0 spiro atoms. The normalized spacial score (nSPS) is 16.0. The van der Waals surface area contributed by atoms with Gasteiger partial charge in [-0.15, -0.1) is 0 Å². The topological polar surface area (TPSA) is 59.0 Å². The average molecular weight is 417 g/mol. The number of nitrogens with one attached hydrogen (secondary N) is 1. The second-order valence-electron chi connectivity index (χ2n) is 6.68. The number of nitrogens with zero attached hydrogens (tertiary/aromatic N) is 2. The second kappa shape index (κ2) is 7.64. The summed E-state index contributed by atoms with van der Waals surface area (Å²) in [4.78, 5) is 0. The molecule has 0 saturated carbocycles. The average Bonchev–Trinajstić information content (AvgIpc) is 2.92. The van der Waals surface area contributed by atoms with Gasteiger partial charge in [0.25, 0.3) is 0 Å². The van der Waals surface area contributed by atoms with Crippen LogP contribution in [0.25, 0.3) is 0 Å². The maximum Gasteiger partial charge on any atom is 0.184 e. The summed E-state index contributed by atoms with van der Waals surface area (Å²) in [6, 6.07) is 18.2. The Kier molecular flexibility index (Phi) is 5.18. The predicted octanol–water partition coefficient (Wildman–Crippen LogP) is 5.42. The summed E-state index contributed by atoms with van der Waals surface area (Å²) >= 11 is 0. The van der Waals surface area contributed by atoms with E-state index in [2.05, 4.69) is 5.32 Å².